The van der Waals surface area contributed by atoms with Gasteiger partial charge in [-0.1, -0.05) is 45.7 Å². The van der Waals surface area contributed by atoms with Crippen LogP contribution in [0.1, 0.15) is 27.5 Å². The summed E-state index contributed by atoms with van der Waals surface area (Å²) in [5.74, 6) is -3.24. The number of carbonyl (C=O) groups is 3. The zero-order valence-electron chi connectivity index (χ0n) is 16.3. The SMILES string of the molecule is O=C1C(=O)N(c2cccc(C(=O)O)c2)[C@H](c2ccc(Br)cc2)C1=C(O)c1ccc(Cl)cc1. The molecular formula is C24H15BrClNO5. The number of hydrogen-bond acceptors (Lipinski definition) is 4. The monoisotopic (exact) mass is 511 g/mol. The molecule has 1 amide bonds. The van der Waals surface area contributed by atoms with E-state index in [1.165, 1.54) is 23.1 Å². The van der Waals surface area contributed by atoms with Crippen LogP contribution in [0.5, 0.6) is 0 Å². The molecule has 1 fully saturated rings. The van der Waals surface area contributed by atoms with E-state index in [4.69, 9.17) is 11.6 Å². The number of anilines is 1. The number of rotatable bonds is 4. The molecule has 8 heteroatoms. The highest BCUT2D eigenvalue weighted by molar-refractivity contribution is 9.10. The number of halogens is 2. The molecule has 1 aliphatic heterocycles. The van der Waals surface area contributed by atoms with Gasteiger partial charge >= 0.3 is 5.97 Å². The van der Waals surface area contributed by atoms with E-state index in [-0.39, 0.29) is 22.6 Å². The van der Waals surface area contributed by atoms with Gasteiger partial charge in [-0.3, -0.25) is 14.5 Å². The Bertz CT molecular complexity index is 1270. The fourth-order valence-corrected chi connectivity index (χ4v) is 4.00. The van der Waals surface area contributed by atoms with Crippen LogP contribution in [0, 0.1) is 0 Å². The van der Waals surface area contributed by atoms with E-state index in [1.807, 2.05) is 0 Å². The lowest BCUT2D eigenvalue weighted by atomic mass is 9.95. The van der Waals surface area contributed by atoms with Gasteiger partial charge in [0.25, 0.3) is 11.7 Å². The van der Waals surface area contributed by atoms with Gasteiger partial charge in [-0.25, -0.2) is 4.79 Å². The normalized spacial score (nSPS) is 17.6. The average Bonchev–Trinajstić information content (AvgIpc) is 3.05. The maximum Gasteiger partial charge on any atom is 0.335 e. The fraction of sp³-hybridized carbons (Fsp3) is 0.0417. The standard InChI is InChI=1S/C24H15BrClNO5/c25-16-8-4-13(5-9-16)20-19(21(28)14-6-10-17(26)11-7-14)22(29)23(30)27(20)18-3-1-2-15(12-18)24(31)32/h1-12,20,28H,(H,31,32)/t20-/m1/s1. The number of carbonyl (C=O) groups excluding carboxylic acids is 2. The van der Waals surface area contributed by atoms with Gasteiger partial charge in [-0.05, 0) is 60.2 Å². The second-order valence-corrected chi connectivity index (χ2v) is 8.44. The van der Waals surface area contributed by atoms with E-state index >= 15 is 0 Å². The number of benzene rings is 3. The minimum Gasteiger partial charge on any atom is -0.507 e. The van der Waals surface area contributed by atoms with Gasteiger partial charge < -0.3 is 10.2 Å². The summed E-state index contributed by atoms with van der Waals surface area (Å²) in [6.45, 7) is 0. The molecule has 0 aliphatic carbocycles. The Morgan fingerprint density at radius 1 is 0.906 bits per heavy atom. The van der Waals surface area contributed by atoms with Gasteiger partial charge in [0.05, 0.1) is 17.2 Å². The molecule has 3 aromatic carbocycles. The van der Waals surface area contributed by atoms with Crippen molar-refractivity contribution in [2.24, 2.45) is 0 Å². The summed E-state index contributed by atoms with van der Waals surface area (Å²) in [4.78, 5) is 38.8. The lowest BCUT2D eigenvalue weighted by molar-refractivity contribution is -0.132. The smallest absolute Gasteiger partial charge is 0.335 e. The molecule has 0 bridgehead atoms. The average molecular weight is 513 g/mol. The Labute approximate surface area is 196 Å². The quantitative estimate of drug-likeness (QED) is 0.276. The van der Waals surface area contributed by atoms with Gasteiger partial charge in [0.15, 0.2) is 0 Å². The first-order chi connectivity index (χ1) is 15.3. The number of aliphatic hydroxyl groups excluding tert-OH is 1. The van der Waals surface area contributed by atoms with Crippen molar-refractivity contribution in [2.75, 3.05) is 4.90 Å². The third-order valence-electron chi connectivity index (χ3n) is 5.12. The first kappa shape index (κ1) is 21.8. The van der Waals surface area contributed by atoms with E-state index in [1.54, 1.807) is 54.6 Å². The van der Waals surface area contributed by atoms with Gasteiger partial charge in [0.2, 0.25) is 0 Å². The molecule has 0 aromatic heterocycles. The third-order valence-corrected chi connectivity index (χ3v) is 5.90. The molecule has 2 N–H and O–H groups in total. The van der Waals surface area contributed by atoms with Crippen LogP contribution in [0.4, 0.5) is 5.69 Å². The maximum absolute atomic E-state index is 13.1. The van der Waals surface area contributed by atoms with Crippen molar-refractivity contribution in [2.45, 2.75) is 6.04 Å². The van der Waals surface area contributed by atoms with Crippen LogP contribution >= 0.6 is 27.5 Å². The molecule has 1 atom stereocenters. The second-order valence-electron chi connectivity index (χ2n) is 7.08. The van der Waals surface area contributed by atoms with E-state index in [0.29, 0.717) is 16.1 Å². The van der Waals surface area contributed by atoms with Gasteiger partial charge in [-0.15, -0.1) is 0 Å². The van der Waals surface area contributed by atoms with Crippen LogP contribution in [0.25, 0.3) is 5.76 Å². The van der Waals surface area contributed by atoms with Crippen molar-refractivity contribution in [3.05, 3.63) is 105 Å². The number of carboxylic acid groups (broad SMARTS) is 1. The molecule has 1 saturated heterocycles. The molecule has 1 heterocycles. The zero-order valence-corrected chi connectivity index (χ0v) is 18.7. The number of amides is 1. The van der Waals surface area contributed by atoms with Crippen molar-refractivity contribution < 1.29 is 24.6 Å². The topological polar surface area (TPSA) is 94.9 Å². The number of carboxylic acids is 1. The van der Waals surface area contributed by atoms with Crippen molar-refractivity contribution in [1.82, 2.24) is 0 Å². The van der Waals surface area contributed by atoms with Gasteiger partial charge in [0.1, 0.15) is 5.76 Å². The van der Waals surface area contributed by atoms with Gasteiger partial charge in [-0.2, -0.15) is 0 Å². The Kier molecular flexibility index (Phi) is 5.86. The molecule has 0 saturated carbocycles. The molecule has 0 radical (unpaired) electrons. The number of aromatic carboxylic acids is 1. The Morgan fingerprint density at radius 2 is 1.56 bits per heavy atom. The summed E-state index contributed by atoms with van der Waals surface area (Å²) >= 11 is 9.30. The molecule has 4 rings (SSSR count). The van der Waals surface area contributed by atoms with Crippen LogP contribution < -0.4 is 4.90 Å². The number of hydrogen-bond donors (Lipinski definition) is 2. The van der Waals surface area contributed by atoms with Crippen molar-refractivity contribution in [3.63, 3.8) is 0 Å². The summed E-state index contributed by atoms with van der Waals surface area (Å²) in [6, 6.07) is 18.0. The van der Waals surface area contributed by atoms with E-state index in [0.717, 1.165) is 4.47 Å². The zero-order chi connectivity index (χ0) is 23.0. The molecule has 3 aromatic rings. The summed E-state index contributed by atoms with van der Waals surface area (Å²) in [5.41, 5.74) is 1.00. The summed E-state index contributed by atoms with van der Waals surface area (Å²) in [7, 11) is 0. The lowest BCUT2D eigenvalue weighted by Gasteiger charge is -2.25. The minimum absolute atomic E-state index is 0.0309. The molecule has 160 valence electrons. The third kappa shape index (κ3) is 3.92. The van der Waals surface area contributed by atoms with Crippen LogP contribution in [0.2, 0.25) is 5.02 Å². The fourth-order valence-electron chi connectivity index (χ4n) is 3.61. The van der Waals surface area contributed by atoms with Crippen molar-refractivity contribution >= 4 is 56.6 Å². The summed E-state index contributed by atoms with van der Waals surface area (Å²) < 4.78 is 0.795. The molecule has 6 nitrogen and oxygen atoms in total. The molecule has 32 heavy (non-hydrogen) atoms. The number of ketones is 1. The number of aliphatic hydroxyl groups is 1. The van der Waals surface area contributed by atoms with Gasteiger partial charge in [0, 0.05) is 20.7 Å². The van der Waals surface area contributed by atoms with Crippen LogP contribution in [0.3, 0.4) is 0 Å². The highest BCUT2D eigenvalue weighted by atomic mass is 79.9. The highest BCUT2D eigenvalue weighted by Crippen LogP contribution is 2.42. The highest BCUT2D eigenvalue weighted by Gasteiger charge is 2.47. The van der Waals surface area contributed by atoms with Crippen LogP contribution in [-0.4, -0.2) is 27.9 Å². The van der Waals surface area contributed by atoms with Crippen molar-refractivity contribution in [1.29, 1.82) is 0 Å². The summed E-state index contributed by atoms with van der Waals surface area (Å²) in [6.07, 6.45) is 0. The second kappa shape index (κ2) is 8.61. The van der Waals surface area contributed by atoms with Crippen LogP contribution in [0.15, 0.2) is 82.8 Å². The first-order valence-electron chi connectivity index (χ1n) is 9.43. The maximum atomic E-state index is 13.1. The first-order valence-corrected chi connectivity index (χ1v) is 10.6. The largest absolute Gasteiger partial charge is 0.507 e. The lowest BCUT2D eigenvalue weighted by Crippen LogP contribution is -2.29. The van der Waals surface area contributed by atoms with Crippen LogP contribution in [-0.2, 0) is 9.59 Å². The van der Waals surface area contributed by atoms with Crippen molar-refractivity contribution in [3.8, 4) is 0 Å². The van der Waals surface area contributed by atoms with E-state index in [2.05, 4.69) is 15.9 Å². The number of Topliss-reactive ketones (excluding diaryl/α,β-unsaturated/α-hetero) is 1. The molecule has 0 spiro atoms. The predicted octanol–water partition coefficient (Wildman–Crippen LogP) is 5.43. The molecule has 1 aliphatic rings. The molecular weight excluding hydrogens is 498 g/mol. The minimum atomic E-state index is -1.16. The van der Waals surface area contributed by atoms with E-state index in [9.17, 15) is 24.6 Å². The Morgan fingerprint density at radius 3 is 2.19 bits per heavy atom. The van der Waals surface area contributed by atoms with E-state index < -0.39 is 23.7 Å². The predicted molar refractivity (Wildman–Crippen MR) is 124 cm³/mol. The summed E-state index contributed by atoms with van der Waals surface area (Å²) in [5, 5.41) is 20.8. The molecule has 0 unspecified atom stereocenters. The Balaban J connectivity index is 1.94. The Hall–Kier alpha value is -3.42. The number of nitrogens with zero attached hydrogens (tertiary/aromatic N) is 1.